The number of rotatable bonds is 2. The van der Waals surface area contributed by atoms with Gasteiger partial charge >= 0.3 is 0 Å². The molecule has 0 aromatic carbocycles. The van der Waals surface area contributed by atoms with Crippen LogP contribution in [0.5, 0.6) is 0 Å². The summed E-state index contributed by atoms with van der Waals surface area (Å²) in [5, 5.41) is 13.2. The summed E-state index contributed by atoms with van der Waals surface area (Å²) >= 11 is 9.11. The molecule has 1 aromatic heterocycles. The van der Waals surface area contributed by atoms with Crippen molar-refractivity contribution in [2.45, 2.75) is 18.9 Å². The van der Waals surface area contributed by atoms with Gasteiger partial charge < -0.3 is 5.32 Å². The van der Waals surface area contributed by atoms with Crippen LogP contribution in [0.25, 0.3) is 0 Å². The first-order valence-electron chi connectivity index (χ1n) is 4.70. The summed E-state index contributed by atoms with van der Waals surface area (Å²) in [5.74, 6) is 2.39. The second-order valence-electron chi connectivity index (χ2n) is 3.28. The minimum Gasteiger partial charge on any atom is -0.359 e. The zero-order valence-corrected chi connectivity index (χ0v) is 10.4. The van der Waals surface area contributed by atoms with Crippen LogP contribution in [0.4, 0.5) is 5.13 Å². The molecule has 2 rings (SSSR count). The number of hydrogen-bond acceptors (Lipinski definition) is 5. The highest BCUT2D eigenvalue weighted by atomic mass is 35.5. The van der Waals surface area contributed by atoms with E-state index in [9.17, 15) is 0 Å². The lowest BCUT2D eigenvalue weighted by molar-refractivity contribution is 0.666. The van der Waals surface area contributed by atoms with E-state index < -0.39 is 0 Å². The minimum atomic E-state index is 0.315. The Morgan fingerprint density at radius 1 is 1.47 bits per heavy atom. The van der Waals surface area contributed by atoms with Crippen LogP contribution in [-0.4, -0.2) is 22.5 Å². The molecule has 0 atom stereocenters. The number of hydrogen-bond donors (Lipinski definition) is 1. The van der Waals surface area contributed by atoms with E-state index in [1.807, 2.05) is 17.8 Å². The Labute approximate surface area is 102 Å². The van der Waals surface area contributed by atoms with Gasteiger partial charge in [-0.15, -0.1) is 0 Å². The quantitative estimate of drug-likeness (QED) is 0.887. The molecule has 1 saturated heterocycles. The third kappa shape index (κ3) is 2.77. The number of nitrogens with one attached hydrogen (secondary N) is 1. The van der Waals surface area contributed by atoms with E-state index in [1.165, 1.54) is 22.8 Å². The Kier molecular flexibility index (Phi) is 3.73. The van der Waals surface area contributed by atoms with Gasteiger partial charge in [0, 0.05) is 6.04 Å². The smallest absolute Gasteiger partial charge is 0.185 e. The van der Waals surface area contributed by atoms with Crippen molar-refractivity contribution in [1.82, 2.24) is 4.98 Å². The first kappa shape index (κ1) is 11.1. The van der Waals surface area contributed by atoms with Gasteiger partial charge in [-0.05, 0) is 24.3 Å². The number of anilines is 1. The average molecular weight is 260 g/mol. The van der Waals surface area contributed by atoms with Crippen LogP contribution in [-0.2, 0) is 0 Å². The molecule has 0 spiro atoms. The summed E-state index contributed by atoms with van der Waals surface area (Å²) in [6, 6.07) is 2.52. The molecule has 0 amide bonds. The first-order valence-corrected chi connectivity index (χ1v) is 7.05. The van der Waals surface area contributed by atoms with Crippen LogP contribution >= 0.6 is 34.7 Å². The van der Waals surface area contributed by atoms with Crippen molar-refractivity contribution in [1.29, 1.82) is 5.26 Å². The van der Waals surface area contributed by atoms with Crippen LogP contribution in [0.2, 0.25) is 5.15 Å². The van der Waals surface area contributed by atoms with E-state index in [0.29, 0.717) is 16.1 Å². The number of thiazole rings is 1. The Balaban J connectivity index is 2.01. The molecule has 0 saturated carbocycles. The summed E-state index contributed by atoms with van der Waals surface area (Å²) in [6.07, 6.45) is 2.31. The largest absolute Gasteiger partial charge is 0.359 e. The van der Waals surface area contributed by atoms with Gasteiger partial charge in [-0.3, -0.25) is 0 Å². The molecule has 3 nitrogen and oxygen atoms in total. The van der Waals surface area contributed by atoms with E-state index in [4.69, 9.17) is 16.9 Å². The fourth-order valence-corrected chi connectivity index (χ4v) is 3.58. The van der Waals surface area contributed by atoms with Crippen LogP contribution in [0, 0.1) is 11.3 Å². The van der Waals surface area contributed by atoms with E-state index in [-0.39, 0.29) is 0 Å². The molecule has 80 valence electrons. The number of halogens is 1. The van der Waals surface area contributed by atoms with Crippen LogP contribution in [0.3, 0.4) is 0 Å². The molecule has 1 aliphatic heterocycles. The van der Waals surface area contributed by atoms with Crippen molar-refractivity contribution in [3.63, 3.8) is 0 Å². The maximum absolute atomic E-state index is 8.74. The van der Waals surface area contributed by atoms with Gasteiger partial charge in [-0.25, -0.2) is 4.98 Å². The van der Waals surface area contributed by atoms with Crippen molar-refractivity contribution in [3.8, 4) is 6.07 Å². The topological polar surface area (TPSA) is 48.7 Å². The highest BCUT2D eigenvalue weighted by Crippen LogP contribution is 2.28. The predicted molar refractivity (Wildman–Crippen MR) is 65.8 cm³/mol. The SMILES string of the molecule is N#Cc1sc(NC2CCSCC2)nc1Cl. The lowest BCUT2D eigenvalue weighted by Gasteiger charge is -2.21. The van der Waals surface area contributed by atoms with Gasteiger partial charge in [0.25, 0.3) is 0 Å². The van der Waals surface area contributed by atoms with E-state index in [1.54, 1.807) is 0 Å². The van der Waals surface area contributed by atoms with Crippen molar-refractivity contribution < 1.29 is 0 Å². The van der Waals surface area contributed by atoms with Crippen molar-refractivity contribution in [3.05, 3.63) is 10.0 Å². The summed E-state index contributed by atoms with van der Waals surface area (Å²) in [6.45, 7) is 0. The van der Waals surface area contributed by atoms with Gasteiger partial charge in [-0.2, -0.15) is 17.0 Å². The predicted octanol–water partition coefficient (Wildman–Crippen LogP) is 2.98. The molecule has 1 fully saturated rings. The number of aromatic nitrogens is 1. The zero-order valence-electron chi connectivity index (χ0n) is 7.99. The molecular weight excluding hydrogens is 250 g/mol. The summed E-state index contributed by atoms with van der Waals surface area (Å²) < 4.78 is 0. The molecule has 1 aliphatic rings. The maximum Gasteiger partial charge on any atom is 0.185 e. The van der Waals surface area contributed by atoms with Gasteiger partial charge in [0.05, 0.1) is 0 Å². The molecule has 0 unspecified atom stereocenters. The standard InChI is InChI=1S/C9H10ClN3S2/c10-8-7(5-11)15-9(13-8)12-6-1-3-14-4-2-6/h6H,1-4H2,(H,12,13). The van der Waals surface area contributed by atoms with Crippen LogP contribution < -0.4 is 5.32 Å². The van der Waals surface area contributed by atoms with Gasteiger partial charge in [0.15, 0.2) is 10.3 Å². The molecule has 0 radical (unpaired) electrons. The number of thioether (sulfide) groups is 1. The van der Waals surface area contributed by atoms with E-state index in [0.717, 1.165) is 18.0 Å². The fraction of sp³-hybridized carbons (Fsp3) is 0.556. The van der Waals surface area contributed by atoms with E-state index in [2.05, 4.69) is 10.3 Å². The zero-order chi connectivity index (χ0) is 10.7. The van der Waals surface area contributed by atoms with Crippen molar-refractivity contribution >= 4 is 39.8 Å². The molecule has 15 heavy (non-hydrogen) atoms. The molecule has 1 aromatic rings. The number of nitriles is 1. The van der Waals surface area contributed by atoms with Gasteiger partial charge in [-0.1, -0.05) is 22.9 Å². The normalized spacial score (nSPS) is 17.3. The van der Waals surface area contributed by atoms with Crippen LogP contribution in [0.1, 0.15) is 17.7 Å². The Morgan fingerprint density at radius 2 is 2.20 bits per heavy atom. The molecule has 0 aliphatic carbocycles. The molecular formula is C9H10ClN3S2. The Morgan fingerprint density at radius 3 is 2.80 bits per heavy atom. The van der Waals surface area contributed by atoms with Crippen molar-refractivity contribution in [2.75, 3.05) is 16.8 Å². The summed E-state index contributed by atoms with van der Waals surface area (Å²) in [7, 11) is 0. The molecule has 6 heteroatoms. The fourth-order valence-electron chi connectivity index (χ4n) is 1.45. The second-order valence-corrected chi connectivity index (χ2v) is 5.86. The molecule has 0 bridgehead atoms. The number of nitrogens with zero attached hydrogens (tertiary/aromatic N) is 2. The van der Waals surface area contributed by atoms with Gasteiger partial charge in [0.1, 0.15) is 10.9 Å². The maximum atomic E-state index is 8.74. The third-order valence-corrected chi connectivity index (χ3v) is 4.56. The average Bonchev–Trinajstić information content (AvgIpc) is 2.60. The van der Waals surface area contributed by atoms with E-state index >= 15 is 0 Å². The summed E-state index contributed by atoms with van der Waals surface area (Å²) in [4.78, 5) is 4.61. The summed E-state index contributed by atoms with van der Waals surface area (Å²) in [5.41, 5.74) is 0. The first-order chi connectivity index (χ1) is 7.29. The van der Waals surface area contributed by atoms with Gasteiger partial charge in [0.2, 0.25) is 0 Å². The molecule has 2 heterocycles. The highest BCUT2D eigenvalue weighted by Gasteiger charge is 2.16. The van der Waals surface area contributed by atoms with Crippen LogP contribution in [0.15, 0.2) is 0 Å². The molecule has 1 N–H and O–H groups in total. The lowest BCUT2D eigenvalue weighted by Crippen LogP contribution is -2.24. The Hall–Kier alpha value is -0.440. The third-order valence-electron chi connectivity index (χ3n) is 2.24. The second kappa shape index (κ2) is 5.06. The monoisotopic (exact) mass is 259 g/mol. The minimum absolute atomic E-state index is 0.315. The highest BCUT2D eigenvalue weighted by molar-refractivity contribution is 7.99. The Bertz CT molecular complexity index is 379. The lowest BCUT2D eigenvalue weighted by atomic mass is 10.2. The van der Waals surface area contributed by atoms with Crippen molar-refractivity contribution in [2.24, 2.45) is 0 Å².